The number of nitrogens with zero attached hydrogens (tertiary/aromatic N) is 2. The number of nitrogens with two attached hydrogens (primary N) is 1. The van der Waals surface area contributed by atoms with Gasteiger partial charge in [-0.2, -0.15) is 0 Å². The summed E-state index contributed by atoms with van der Waals surface area (Å²) in [5.41, 5.74) is 2.00. The lowest BCUT2D eigenvalue weighted by atomic mass is 10.3. The number of rotatable bonds is 8. The molecule has 1 aromatic carbocycles. The molecular formula is C11H19N5O4S. The Morgan fingerprint density at radius 1 is 1.43 bits per heavy atom. The third-order valence-corrected chi connectivity index (χ3v) is 4.45. The Morgan fingerprint density at radius 3 is 2.62 bits per heavy atom. The van der Waals surface area contributed by atoms with Gasteiger partial charge in [0.2, 0.25) is 10.0 Å². The van der Waals surface area contributed by atoms with Crippen molar-refractivity contribution in [2.24, 2.45) is 5.84 Å². The Balaban J connectivity index is 3.00. The van der Waals surface area contributed by atoms with E-state index in [2.05, 4.69) is 10.1 Å². The average Bonchev–Trinajstić information content (AvgIpc) is 2.45. The summed E-state index contributed by atoms with van der Waals surface area (Å²) in [6.45, 7) is 3.45. The fourth-order valence-electron chi connectivity index (χ4n) is 1.57. The predicted molar refractivity (Wildman–Crippen MR) is 79.3 cm³/mol. The van der Waals surface area contributed by atoms with E-state index in [4.69, 9.17) is 5.84 Å². The molecule has 0 heterocycles. The zero-order valence-electron chi connectivity index (χ0n) is 11.9. The minimum atomic E-state index is -3.89. The number of nitrogen functional groups attached to an aromatic ring is 1. The van der Waals surface area contributed by atoms with Gasteiger partial charge in [0.05, 0.1) is 10.6 Å². The Kier molecular flexibility index (Phi) is 6.03. The number of nitro groups is 1. The van der Waals surface area contributed by atoms with Crippen LogP contribution in [0, 0.1) is 10.1 Å². The van der Waals surface area contributed by atoms with Gasteiger partial charge >= 0.3 is 0 Å². The third kappa shape index (κ3) is 4.63. The second kappa shape index (κ2) is 7.31. The first-order valence-electron chi connectivity index (χ1n) is 6.25. The van der Waals surface area contributed by atoms with Crippen LogP contribution in [-0.2, 0) is 10.0 Å². The smallest absolute Gasteiger partial charge is 0.270 e. The lowest BCUT2D eigenvalue weighted by Crippen LogP contribution is -2.33. The Morgan fingerprint density at radius 2 is 2.10 bits per heavy atom. The molecule has 21 heavy (non-hydrogen) atoms. The molecule has 0 unspecified atom stereocenters. The normalized spacial score (nSPS) is 11.6. The van der Waals surface area contributed by atoms with Crippen molar-refractivity contribution >= 4 is 21.4 Å². The highest BCUT2D eigenvalue weighted by molar-refractivity contribution is 7.89. The molecule has 10 heteroatoms. The van der Waals surface area contributed by atoms with Crippen LogP contribution >= 0.6 is 0 Å². The molecular weight excluding hydrogens is 298 g/mol. The number of benzene rings is 1. The molecule has 0 bridgehead atoms. The minimum Gasteiger partial charge on any atom is -0.323 e. The number of nitro benzene ring substituents is 1. The largest absolute Gasteiger partial charge is 0.323 e. The van der Waals surface area contributed by atoms with Crippen LogP contribution in [0.4, 0.5) is 11.4 Å². The Labute approximate surface area is 123 Å². The van der Waals surface area contributed by atoms with Crippen molar-refractivity contribution in [2.75, 3.05) is 32.1 Å². The molecule has 0 amide bonds. The van der Waals surface area contributed by atoms with Gasteiger partial charge in [-0.1, -0.05) is 6.92 Å². The molecule has 0 saturated carbocycles. The Bertz CT molecular complexity index is 605. The van der Waals surface area contributed by atoms with Crippen LogP contribution in [0.15, 0.2) is 23.1 Å². The topological polar surface area (TPSA) is 131 Å². The van der Waals surface area contributed by atoms with Gasteiger partial charge in [0.25, 0.3) is 5.69 Å². The van der Waals surface area contributed by atoms with Gasteiger partial charge in [0.1, 0.15) is 4.90 Å². The summed E-state index contributed by atoms with van der Waals surface area (Å²) in [4.78, 5) is 11.8. The zero-order chi connectivity index (χ0) is 16.0. The standard InChI is InChI=1S/C11H19N5O4S/c1-3-15(2)7-6-13-21(19,20)11-8-9(16(17)18)4-5-10(11)14-12/h4-5,8,13-14H,3,6-7,12H2,1-2H3. The first kappa shape index (κ1) is 17.3. The van der Waals surface area contributed by atoms with Crippen LogP contribution in [0.1, 0.15) is 6.92 Å². The molecule has 0 spiro atoms. The summed E-state index contributed by atoms with van der Waals surface area (Å²) in [5.74, 6) is 5.25. The van der Waals surface area contributed by atoms with Crippen LogP contribution in [-0.4, -0.2) is 44.9 Å². The number of nitrogens with one attached hydrogen (secondary N) is 2. The number of hydrogen-bond donors (Lipinski definition) is 3. The highest BCUT2D eigenvalue weighted by atomic mass is 32.2. The summed E-state index contributed by atoms with van der Waals surface area (Å²) in [6.07, 6.45) is 0. The molecule has 9 nitrogen and oxygen atoms in total. The van der Waals surface area contributed by atoms with Crippen LogP contribution in [0.2, 0.25) is 0 Å². The second-order valence-electron chi connectivity index (χ2n) is 4.38. The monoisotopic (exact) mass is 317 g/mol. The molecule has 118 valence electrons. The number of non-ortho nitro benzene ring substituents is 1. The first-order valence-corrected chi connectivity index (χ1v) is 7.73. The van der Waals surface area contributed by atoms with E-state index in [1.54, 1.807) is 0 Å². The summed E-state index contributed by atoms with van der Waals surface area (Å²) < 4.78 is 26.8. The first-order chi connectivity index (χ1) is 9.81. The van der Waals surface area contributed by atoms with Gasteiger partial charge in [0.15, 0.2) is 0 Å². The number of anilines is 1. The SMILES string of the molecule is CCN(C)CCNS(=O)(=O)c1cc([N+](=O)[O-])ccc1NN. The second-order valence-corrected chi connectivity index (χ2v) is 6.11. The molecule has 1 aromatic rings. The summed E-state index contributed by atoms with van der Waals surface area (Å²) in [7, 11) is -2.03. The molecule has 0 aromatic heterocycles. The fraction of sp³-hybridized carbons (Fsp3) is 0.455. The van der Waals surface area contributed by atoms with Gasteiger partial charge in [-0.15, -0.1) is 0 Å². The van der Waals surface area contributed by atoms with Gasteiger partial charge in [0, 0.05) is 25.2 Å². The van der Waals surface area contributed by atoms with E-state index in [9.17, 15) is 18.5 Å². The van der Waals surface area contributed by atoms with Crippen molar-refractivity contribution < 1.29 is 13.3 Å². The molecule has 0 atom stereocenters. The van der Waals surface area contributed by atoms with Crippen LogP contribution in [0.3, 0.4) is 0 Å². The number of hydrazine groups is 1. The van der Waals surface area contributed by atoms with Crippen molar-refractivity contribution in [3.05, 3.63) is 28.3 Å². The lowest BCUT2D eigenvalue weighted by Gasteiger charge is -2.15. The minimum absolute atomic E-state index is 0.0944. The van der Waals surface area contributed by atoms with Gasteiger partial charge in [-0.3, -0.25) is 16.0 Å². The highest BCUT2D eigenvalue weighted by Crippen LogP contribution is 2.25. The highest BCUT2D eigenvalue weighted by Gasteiger charge is 2.21. The van der Waals surface area contributed by atoms with Crippen molar-refractivity contribution in [1.29, 1.82) is 0 Å². The maximum atomic E-state index is 12.2. The third-order valence-electron chi connectivity index (χ3n) is 2.95. The van der Waals surface area contributed by atoms with Crippen molar-refractivity contribution in [3.8, 4) is 0 Å². The van der Waals surface area contributed by atoms with Gasteiger partial charge in [-0.05, 0) is 19.7 Å². The number of sulfonamides is 1. The molecule has 0 saturated heterocycles. The van der Waals surface area contributed by atoms with E-state index in [0.29, 0.717) is 6.54 Å². The molecule has 0 aliphatic heterocycles. The molecule has 4 N–H and O–H groups in total. The summed E-state index contributed by atoms with van der Waals surface area (Å²) in [6, 6.07) is 3.41. The number of likely N-dealkylation sites (N-methyl/N-ethyl adjacent to an activating group) is 1. The van der Waals surface area contributed by atoms with E-state index in [1.165, 1.54) is 12.1 Å². The molecule has 0 aliphatic carbocycles. The fourth-order valence-corrected chi connectivity index (χ4v) is 2.78. The van der Waals surface area contributed by atoms with E-state index in [0.717, 1.165) is 12.6 Å². The van der Waals surface area contributed by atoms with Gasteiger partial charge < -0.3 is 10.3 Å². The van der Waals surface area contributed by atoms with E-state index in [1.807, 2.05) is 18.9 Å². The lowest BCUT2D eigenvalue weighted by molar-refractivity contribution is -0.385. The van der Waals surface area contributed by atoms with Gasteiger partial charge in [-0.25, -0.2) is 13.1 Å². The maximum Gasteiger partial charge on any atom is 0.270 e. The van der Waals surface area contributed by atoms with E-state index in [-0.39, 0.29) is 22.8 Å². The molecule has 1 rings (SSSR count). The van der Waals surface area contributed by atoms with E-state index < -0.39 is 14.9 Å². The van der Waals surface area contributed by atoms with Crippen LogP contribution < -0.4 is 16.0 Å². The molecule has 0 radical (unpaired) electrons. The number of hydrogen-bond acceptors (Lipinski definition) is 7. The van der Waals surface area contributed by atoms with Crippen LogP contribution in [0.5, 0.6) is 0 Å². The summed E-state index contributed by atoms with van der Waals surface area (Å²) in [5, 5.41) is 10.8. The molecule has 0 fully saturated rings. The average molecular weight is 317 g/mol. The van der Waals surface area contributed by atoms with Crippen molar-refractivity contribution in [2.45, 2.75) is 11.8 Å². The maximum absolute atomic E-state index is 12.2. The van der Waals surface area contributed by atoms with E-state index >= 15 is 0 Å². The predicted octanol–water partition coefficient (Wildman–Crippen LogP) is 0.110. The van der Waals surface area contributed by atoms with Crippen LogP contribution in [0.25, 0.3) is 0 Å². The van der Waals surface area contributed by atoms with Crippen molar-refractivity contribution in [3.63, 3.8) is 0 Å². The molecule has 0 aliphatic rings. The summed E-state index contributed by atoms with van der Waals surface area (Å²) >= 11 is 0. The quantitative estimate of drug-likeness (QED) is 0.352. The zero-order valence-corrected chi connectivity index (χ0v) is 12.7. The Hall–Kier alpha value is -1.75. The van der Waals surface area contributed by atoms with Crippen molar-refractivity contribution in [1.82, 2.24) is 9.62 Å².